The molecule has 0 unspecified atom stereocenters. The van der Waals surface area contributed by atoms with Crippen molar-refractivity contribution in [1.29, 1.82) is 0 Å². The number of anilines is 1. The number of ether oxygens (including phenoxy) is 1. The summed E-state index contributed by atoms with van der Waals surface area (Å²) in [7, 11) is -3.66. The molecule has 0 aromatic heterocycles. The molecule has 2 aromatic carbocycles. The van der Waals surface area contributed by atoms with Gasteiger partial charge in [-0.1, -0.05) is 43.1 Å². The Morgan fingerprint density at radius 1 is 1.00 bits per heavy atom. The van der Waals surface area contributed by atoms with E-state index >= 15 is 0 Å². The second-order valence-electron chi connectivity index (χ2n) is 7.28. The molecule has 0 atom stereocenters. The second kappa shape index (κ2) is 9.13. The largest absolute Gasteiger partial charge is 0.492 e. The molecule has 5 nitrogen and oxygen atoms in total. The Morgan fingerprint density at radius 2 is 1.69 bits per heavy atom. The van der Waals surface area contributed by atoms with E-state index in [2.05, 4.69) is 4.90 Å². The summed E-state index contributed by atoms with van der Waals surface area (Å²) in [6, 6.07) is 10.9. The van der Waals surface area contributed by atoms with Gasteiger partial charge in [0.25, 0.3) is 0 Å². The first-order valence-electron chi connectivity index (χ1n) is 9.71. The van der Waals surface area contributed by atoms with E-state index < -0.39 is 10.0 Å². The van der Waals surface area contributed by atoms with Crippen LogP contribution in [0.25, 0.3) is 0 Å². The molecule has 1 aliphatic rings. The van der Waals surface area contributed by atoms with Gasteiger partial charge < -0.3 is 9.64 Å². The normalized spacial score (nSPS) is 15.7. The fraction of sp³-hybridized carbons (Fsp3) is 0.429. The quantitative estimate of drug-likeness (QED) is 0.611. The van der Waals surface area contributed by atoms with Crippen LogP contribution in [-0.2, 0) is 10.0 Å². The number of hydrogen-bond donors (Lipinski definition) is 0. The zero-order valence-corrected chi connectivity index (χ0v) is 19.2. The first kappa shape index (κ1) is 22.2. The number of rotatable bonds is 6. The maximum atomic E-state index is 13.4. The fourth-order valence-corrected chi connectivity index (χ4v) is 5.25. The topological polar surface area (TPSA) is 49.9 Å². The Morgan fingerprint density at radius 3 is 2.28 bits per heavy atom. The summed E-state index contributed by atoms with van der Waals surface area (Å²) in [5.41, 5.74) is 1.91. The standard InChI is InChI=1S/C21H26Cl2N2O3S/c1-4-28-20-8-5-16(15(2)3)13-21(20)29(26,27)25-11-9-24(10-12-25)17-6-7-18(22)19(23)14-17/h5-8,13-15H,4,9-12H2,1-3H3. The van der Waals surface area contributed by atoms with E-state index in [1.807, 2.05) is 39.0 Å². The van der Waals surface area contributed by atoms with Gasteiger partial charge in [0.1, 0.15) is 10.6 Å². The minimum atomic E-state index is -3.66. The van der Waals surface area contributed by atoms with E-state index in [0.717, 1.165) is 11.3 Å². The minimum Gasteiger partial charge on any atom is -0.492 e. The van der Waals surface area contributed by atoms with E-state index in [1.54, 1.807) is 18.2 Å². The number of hydrogen-bond acceptors (Lipinski definition) is 4. The predicted octanol–water partition coefficient (Wildman–Crippen LogP) is 5.03. The van der Waals surface area contributed by atoms with Gasteiger partial charge in [-0.25, -0.2) is 8.42 Å². The Labute approximate surface area is 183 Å². The van der Waals surface area contributed by atoms with Crippen molar-refractivity contribution in [3.8, 4) is 5.75 Å². The Balaban J connectivity index is 1.82. The maximum Gasteiger partial charge on any atom is 0.246 e. The maximum absolute atomic E-state index is 13.4. The highest BCUT2D eigenvalue weighted by Crippen LogP contribution is 2.32. The van der Waals surface area contributed by atoms with Crippen molar-refractivity contribution in [3.05, 3.63) is 52.0 Å². The van der Waals surface area contributed by atoms with Crippen LogP contribution in [0.4, 0.5) is 5.69 Å². The summed E-state index contributed by atoms with van der Waals surface area (Å²) in [6.45, 7) is 8.28. The number of sulfonamides is 1. The highest BCUT2D eigenvalue weighted by atomic mass is 35.5. The minimum absolute atomic E-state index is 0.228. The smallest absolute Gasteiger partial charge is 0.246 e. The second-order valence-corrected chi connectivity index (χ2v) is 10.0. The molecule has 0 N–H and O–H groups in total. The van der Waals surface area contributed by atoms with Crippen LogP contribution in [0.5, 0.6) is 5.75 Å². The van der Waals surface area contributed by atoms with Crippen LogP contribution in [-0.4, -0.2) is 45.5 Å². The molecule has 8 heteroatoms. The number of halogens is 2. The first-order chi connectivity index (χ1) is 13.7. The molecule has 0 spiro atoms. The number of nitrogens with zero attached hydrogens (tertiary/aromatic N) is 2. The summed E-state index contributed by atoms with van der Waals surface area (Å²) < 4.78 is 33.9. The van der Waals surface area contributed by atoms with Gasteiger partial charge >= 0.3 is 0 Å². The van der Waals surface area contributed by atoms with Gasteiger partial charge in [-0.3, -0.25) is 0 Å². The molecule has 0 amide bonds. The van der Waals surface area contributed by atoms with Crippen molar-refractivity contribution < 1.29 is 13.2 Å². The molecule has 0 saturated carbocycles. The summed E-state index contributed by atoms with van der Waals surface area (Å²) in [6.07, 6.45) is 0. The molecule has 1 aliphatic heterocycles. The first-order valence-corrected chi connectivity index (χ1v) is 11.9. The molecule has 0 radical (unpaired) electrons. The average molecular weight is 457 g/mol. The molecule has 1 fully saturated rings. The van der Waals surface area contributed by atoms with E-state index in [1.165, 1.54) is 4.31 Å². The average Bonchev–Trinajstić information content (AvgIpc) is 2.70. The third-order valence-electron chi connectivity index (χ3n) is 5.06. The lowest BCUT2D eigenvalue weighted by Crippen LogP contribution is -2.48. The summed E-state index contributed by atoms with van der Waals surface area (Å²) >= 11 is 12.1. The van der Waals surface area contributed by atoms with Crippen molar-refractivity contribution in [3.63, 3.8) is 0 Å². The molecule has 1 heterocycles. The molecule has 0 bridgehead atoms. The predicted molar refractivity (Wildman–Crippen MR) is 119 cm³/mol. The molecule has 2 aromatic rings. The van der Waals surface area contributed by atoms with E-state index in [-0.39, 0.29) is 10.8 Å². The van der Waals surface area contributed by atoms with Crippen LogP contribution in [0, 0.1) is 0 Å². The van der Waals surface area contributed by atoms with Crippen LogP contribution in [0.2, 0.25) is 10.0 Å². The Hall–Kier alpha value is -1.47. The summed E-state index contributed by atoms with van der Waals surface area (Å²) in [5, 5.41) is 0.996. The van der Waals surface area contributed by atoms with Crippen LogP contribution in [0.3, 0.4) is 0 Å². The van der Waals surface area contributed by atoms with Crippen molar-refractivity contribution >= 4 is 38.9 Å². The lowest BCUT2D eigenvalue weighted by molar-refractivity contribution is 0.327. The Bertz CT molecular complexity index is 972. The third-order valence-corrected chi connectivity index (χ3v) is 7.72. The van der Waals surface area contributed by atoms with Crippen LogP contribution >= 0.6 is 23.2 Å². The number of piperazine rings is 1. The monoisotopic (exact) mass is 456 g/mol. The molecular formula is C21H26Cl2N2O3S. The Kier molecular flexibility index (Phi) is 6.99. The molecule has 0 aliphatic carbocycles. The highest BCUT2D eigenvalue weighted by molar-refractivity contribution is 7.89. The molecule has 29 heavy (non-hydrogen) atoms. The van der Waals surface area contributed by atoms with Crippen LogP contribution < -0.4 is 9.64 Å². The lowest BCUT2D eigenvalue weighted by atomic mass is 10.0. The lowest BCUT2D eigenvalue weighted by Gasteiger charge is -2.35. The van der Waals surface area contributed by atoms with Gasteiger partial charge in [0.05, 0.1) is 16.7 Å². The van der Waals surface area contributed by atoms with Gasteiger partial charge in [-0.2, -0.15) is 4.31 Å². The van der Waals surface area contributed by atoms with E-state index in [4.69, 9.17) is 27.9 Å². The molecule has 3 rings (SSSR count). The van der Waals surface area contributed by atoms with E-state index in [9.17, 15) is 8.42 Å². The highest BCUT2D eigenvalue weighted by Gasteiger charge is 2.31. The van der Waals surface area contributed by atoms with Gasteiger partial charge in [0.15, 0.2) is 0 Å². The molecule has 1 saturated heterocycles. The van der Waals surface area contributed by atoms with Crippen molar-refractivity contribution in [2.75, 3.05) is 37.7 Å². The summed E-state index contributed by atoms with van der Waals surface area (Å²) in [5.74, 6) is 0.634. The summed E-state index contributed by atoms with van der Waals surface area (Å²) in [4.78, 5) is 2.36. The van der Waals surface area contributed by atoms with Crippen LogP contribution in [0.15, 0.2) is 41.3 Å². The van der Waals surface area contributed by atoms with Crippen molar-refractivity contribution in [1.82, 2.24) is 4.31 Å². The third kappa shape index (κ3) is 4.82. The zero-order chi connectivity index (χ0) is 21.2. The van der Waals surface area contributed by atoms with Gasteiger partial charge in [-0.05, 0) is 48.7 Å². The van der Waals surface area contributed by atoms with Crippen LogP contribution in [0.1, 0.15) is 32.3 Å². The molecule has 158 valence electrons. The van der Waals surface area contributed by atoms with Crippen molar-refractivity contribution in [2.45, 2.75) is 31.6 Å². The van der Waals surface area contributed by atoms with E-state index in [0.29, 0.717) is 48.6 Å². The number of benzene rings is 2. The van der Waals surface area contributed by atoms with Crippen molar-refractivity contribution in [2.24, 2.45) is 0 Å². The zero-order valence-electron chi connectivity index (χ0n) is 16.9. The van der Waals surface area contributed by atoms with Gasteiger partial charge in [0, 0.05) is 31.9 Å². The molecular weight excluding hydrogens is 431 g/mol. The fourth-order valence-electron chi connectivity index (χ4n) is 3.37. The SMILES string of the molecule is CCOc1ccc(C(C)C)cc1S(=O)(=O)N1CCN(c2ccc(Cl)c(Cl)c2)CC1. The van der Waals surface area contributed by atoms with Gasteiger partial charge in [0.2, 0.25) is 10.0 Å². The van der Waals surface area contributed by atoms with Gasteiger partial charge in [-0.15, -0.1) is 0 Å².